The molecule has 176 valence electrons. The van der Waals surface area contributed by atoms with Crippen molar-refractivity contribution < 1.29 is 19.7 Å². The number of nitrogens with one attached hydrogen (secondary N) is 1. The molecule has 1 aliphatic rings. The molecule has 4 rings (SSSR count). The minimum atomic E-state index is -1.000. The molecule has 2 amide bonds. The summed E-state index contributed by atoms with van der Waals surface area (Å²) >= 11 is 0. The summed E-state index contributed by atoms with van der Waals surface area (Å²) in [4.78, 5) is 27.9. The van der Waals surface area contributed by atoms with E-state index >= 15 is 0 Å². The van der Waals surface area contributed by atoms with Crippen molar-refractivity contribution in [1.29, 1.82) is 0 Å². The molecule has 1 atom stereocenters. The fourth-order valence-electron chi connectivity index (χ4n) is 3.70. The molecule has 0 bridgehead atoms. The van der Waals surface area contributed by atoms with Crippen LogP contribution >= 0.6 is 0 Å². The van der Waals surface area contributed by atoms with Crippen molar-refractivity contribution >= 4 is 23.9 Å². The van der Waals surface area contributed by atoms with E-state index in [2.05, 4.69) is 15.3 Å². The summed E-state index contributed by atoms with van der Waals surface area (Å²) < 4.78 is 5.37. The number of carbonyl (C=O) groups is 1. The predicted molar refractivity (Wildman–Crippen MR) is 131 cm³/mol. The fourth-order valence-corrected chi connectivity index (χ4v) is 3.70. The number of rotatable bonds is 7. The molecule has 0 aliphatic carbocycles. The van der Waals surface area contributed by atoms with Crippen LogP contribution in [0.5, 0.6) is 5.88 Å². The molecule has 1 aromatic carbocycles. The highest BCUT2D eigenvalue weighted by molar-refractivity contribution is 6.01. The Morgan fingerprint density at radius 2 is 2.09 bits per heavy atom. The van der Waals surface area contributed by atoms with Crippen molar-refractivity contribution in [1.82, 2.24) is 9.97 Å². The third-order valence-electron chi connectivity index (χ3n) is 5.34. The number of aliphatic hydroxyl groups excluding tert-OH is 2. The summed E-state index contributed by atoms with van der Waals surface area (Å²) in [5, 5.41) is 21.2. The molecule has 0 radical (unpaired) electrons. The van der Waals surface area contributed by atoms with Gasteiger partial charge in [-0.3, -0.25) is 15.2 Å². The quantitative estimate of drug-likeness (QED) is 0.466. The highest BCUT2D eigenvalue weighted by Gasteiger charge is 2.25. The van der Waals surface area contributed by atoms with Crippen LogP contribution in [0.4, 0.5) is 16.4 Å². The molecule has 34 heavy (non-hydrogen) atoms. The van der Waals surface area contributed by atoms with Gasteiger partial charge in [-0.15, -0.1) is 0 Å². The lowest BCUT2D eigenvalue weighted by atomic mass is 10.0. The zero-order chi connectivity index (χ0) is 23.9. The summed E-state index contributed by atoms with van der Waals surface area (Å²) in [6, 6.07) is 16.6. The van der Waals surface area contributed by atoms with E-state index < -0.39 is 12.7 Å². The van der Waals surface area contributed by atoms with Crippen LogP contribution in [0.15, 0.2) is 59.6 Å². The number of carbonyl (C=O) groups excluding carboxylic acids is 1. The number of urea groups is 1. The smallest absolute Gasteiger partial charge is 0.328 e. The molecule has 1 aliphatic heterocycles. The normalized spacial score (nSPS) is 14.0. The molecule has 0 saturated heterocycles. The van der Waals surface area contributed by atoms with Gasteiger partial charge in [0.15, 0.2) is 0 Å². The molecule has 3 N–H and O–H groups in total. The van der Waals surface area contributed by atoms with E-state index in [1.165, 1.54) is 0 Å². The van der Waals surface area contributed by atoms with Gasteiger partial charge in [-0.1, -0.05) is 30.3 Å². The number of hydrogen-bond acceptors (Lipinski definition) is 7. The van der Waals surface area contributed by atoms with Gasteiger partial charge in [0.2, 0.25) is 5.88 Å². The van der Waals surface area contributed by atoms with E-state index in [1.807, 2.05) is 36.4 Å². The lowest BCUT2D eigenvalue weighted by Crippen LogP contribution is -2.39. The van der Waals surface area contributed by atoms with E-state index in [0.29, 0.717) is 18.2 Å². The van der Waals surface area contributed by atoms with Crippen LogP contribution in [0.2, 0.25) is 0 Å². The van der Waals surface area contributed by atoms with Crippen molar-refractivity contribution in [3.63, 3.8) is 0 Å². The van der Waals surface area contributed by atoms with Gasteiger partial charge in [0.1, 0.15) is 24.3 Å². The van der Waals surface area contributed by atoms with Gasteiger partial charge in [0, 0.05) is 31.4 Å². The second-order valence-electron chi connectivity index (χ2n) is 7.89. The first-order valence-corrected chi connectivity index (χ1v) is 11.1. The first-order valence-electron chi connectivity index (χ1n) is 11.1. The average molecular weight is 462 g/mol. The highest BCUT2D eigenvalue weighted by Crippen LogP contribution is 2.29. The molecule has 0 fully saturated rings. The molecular formula is C25H27N5O4. The number of nitrogens with zero attached hydrogens (tertiary/aromatic N) is 4. The average Bonchev–Trinajstić information content (AvgIpc) is 2.87. The maximum absolute atomic E-state index is 13.1. The minimum absolute atomic E-state index is 0.0988. The van der Waals surface area contributed by atoms with Gasteiger partial charge in [-0.25, -0.2) is 9.78 Å². The number of aliphatic imine (C=N–C) groups is 1. The highest BCUT2D eigenvalue weighted by atomic mass is 16.5. The number of aryl methyl sites for hydroxylation is 1. The van der Waals surface area contributed by atoms with Gasteiger partial charge in [-0.05, 0) is 42.2 Å². The Balaban J connectivity index is 1.54. The number of ether oxygens (including phenoxy) is 1. The first-order chi connectivity index (χ1) is 16.6. The predicted octanol–water partition coefficient (Wildman–Crippen LogP) is 2.91. The second-order valence-corrected chi connectivity index (χ2v) is 7.89. The summed E-state index contributed by atoms with van der Waals surface area (Å²) in [6.45, 7) is 0.0331. The molecule has 2 aromatic heterocycles. The Morgan fingerprint density at radius 1 is 1.24 bits per heavy atom. The Labute approximate surface area is 197 Å². The Kier molecular flexibility index (Phi) is 7.46. The summed E-state index contributed by atoms with van der Waals surface area (Å²) in [6.07, 6.45) is 2.47. The molecule has 0 unspecified atom stereocenters. The van der Waals surface area contributed by atoms with Crippen LogP contribution in [0.25, 0.3) is 11.3 Å². The molecular weight excluding hydrogens is 434 g/mol. The van der Waals surface area contributed by atoms with Gasteiger partial charge in [0.25, 0.3) is 0 Å². The maximum Gasteiger partial charge on any atom is 0.328 e. The maximum atomic E-state index is 13.1. The minimum Gasteiger partial charge on any atom is -0.475 e. The van der Waals surface area contributed by atoms with Crippen LogP contribution in [-0.4, -0.2) is 65.3 Å². The van der Waals surface area contributed by atoms with E-state index in [1.54, 1.807) is 36.4 Å². The van der Waals surface area contributed by atoms with Gasteiger partial charge in [-0.2, -0.15) is 4.98 Å². The zero-order valence-electron chi connectivity index (χ0n) is 18.9. The lowest BCUT2D eigenvalue weighted by Gasteiger charge is -2.28. The summed E-state index contributed by atoms with van der Waals surface area (Å²) in [5.74, 6) is 1.19. The van der Waals surface area contributed by atoms with Crippen LogP contribution in [0, 0.1) is 0 Å². The number of anilines is 2. The Bertz CT molecular complexity index is 1180. The van der Waals surface area contributed by atoms with Crippen molar-refractivity contribution in [3.05, 3.63) is 65.7 Å². The van der Waals surface area contributed by atoms with E-state index in [0.717, 1.165) is 35.2 Å². The number of amides is 2. The summed E-state index contributed by atoms with van der Waals surface area (Å²) in [5.41, 5.74) is 3.72. The first kappa shape index (κ1) is 23.3. The van der Waals surface area contributed by atoms with E-state index in [9.17, 15) is 9.90 Å². The van der Waals surface area contributed by atoms with Crippen LogP contribution in [-0.2, 0) is 6.42 Å². The van der Waals surface area contributed by atoms with E-state index in [4.69, 9.17) is 14.8 Å². The fraction of sp³-hybridized carbons (Fsp3) is 0.280. The van der Waals surface area contributed by atoms with Crippen LogP contribution in [0.1, 0.15) is 17.5 Å². The molecule has 9 nitrogen and oxygen atoms in total. The monoisotopic (exact) mass is 461 g/mol. The number of fused-ring (bicyclic) bond motifs is 1. The van der Waals surface area contributed by atoms with Gasteiger partial charge < -0.3 is 14.9 Å². The standard InChI is InChI=1S/C25H27N5O4/c1-26-14-17-5-2-6-19(13-17)21-11-10-18-7-4-12-30(24(18)27-21)25(33)29-22-8-3-9-23(28-22)34-16-20(32)15-31/h2-3,5-6,8-11,13-14,20,31-32H,4,7,12,15-16H2,1H3,(H,28,29,33)/b26-14+/t20-/m1/s1. The largest absolute Gasteiger partial charge is 0.475 e. The molecule has 3 aromatic rings. The van der Waals surface area contributed by atoms with Crippen molar-refractivity contribution in [3.8, 4) is 17.1 Å². The number of aliphatic hydroxyl groups is 2. The van der Waals surface area contributed by atoms with Crippen molar-refractivity contribution in [2.45, 2.75) is 18.9 Å². The lowest BCUT2D eigenvalue weighted by molar-refractivity contribution is 0.0521. The van der Waals surface area contributed by atoms with Gasteiger partial charge in [0.05, 0.1) is 12.3 Å². The van der Waals surface area contributed by atoms with E-state index in [-0.39, 0.29) is 18.5 Å². The number of hydrogen-bond donors (Lipinski definition) is 3. The molecule has 9 heteroatoms. The molecule has 0 saturated carbocycles. The van der Waals surface area contributed by atoms with Gasteiger partial charge >= 0.3 is 6.03 Å². The van der Waals surface area contributed by atoms with Crippen molar-refractivity contribution in [2.75, 3.05) is 37.0 Å². The number of benzene rings is 1. The van der Waals surface area contributed by atoms with Crippen molar-refractivity contribution in [2.24, 2.45) is 4.99 Å². The zero-order valence-corrected chi connectivity index (χ0v) is 18.9. The summed E-state index contributed by atoms with van der Waals surface area (Å²) in [7, 11) is 1.73. The second kappa shape index (κ2) is 10.9. The Hall–Kier alpha value is -3.82. The number of aromatic nitrogens is 2. The third kappa shape index (κ3) is 5.56. The molecule has 3 heterocycles. The SMILES string of the molecule is C/N=C/c1cccc(-c2ccc3c(n2)N(C(=O)Nc2cccc(OC[C@H](O)CO)n2)CCC3)c1. The van der Waals surface area contributed by atoms with Crippen LogP contribution in [0.3, 0.4) is 0 Å². The third-order valence-corrected chi connectivity index (χ3v) is 5.34. The molecule has 0 spiro atoms. The Morgan fingerprint density at radius 3 is 2.91 bits per heavy atom. The van der Waals surface area contributed by atoms with Crippen LogP contribution < -0.4 is 15.0 Å². The topological polar surface area (TPSA) is 120 Å². The number of pyridine rings is 2.